The van der Waals surface area contributed by atoms with Gasteiger partial charge < -0.3 is 16.8 Å². The van der Waals surface area contributed by atoms with Gasteiger partial charge in [0.1, 0.15) is 5.82 Å². The first-order chi connectivity index (χ1) is 6.26. The number of nitrogens with one attached hydrogen (secondary N) is 1. The Hall–Kier alpha value is -1.20. The average molecular weight is 181 g/mol. The summed E-state index contributed by atoms with van der Waals surface area (Å²) in [6, 6.07) is 3.82. The van der Waals surface area contributed by atoms with Crippen LogP contribution in [0.15, 0.2) is 12.1 Å². The van der Waals surface area contributed by atoms with Crippen LogP contribution in [0.25, 0.3) is 0 Å². The van der Waals surface area contributed by atoms with Gasteiger partial charge in [-0.05, 0) is 19.1 Å². The second-order valence-electron chi connectivity index (χ2n) is 2.87. The van der Waals surface area contributed by atoms with Crippen LogP contribution in [0.3, 0.4) is 0 Å². The molecule has 0 spiro atoms. The van der Waals surface area contributed by atoms with E-state index in [4.69, 9.17) is 11.5 Å². The Balaban J connectivity index is 2.58. The van der Waals surface area contributed by atoms with Crippen LogP contribution in [0.4, 0.5) is 5.82 Å². The van der Waals surface area contributed by atoms with Crippen molar-refractivity contribution >= 4 is 5.82 Å². The van der Waals surface area contributed by atoms with E-state index in [9.17, 15) is 0 Å². The third kappa shape index (κ3) is 2.96. The topological polar surface area (TPSA) is 89.8 Å². The van der Waals surface area contributed by atoms with Crippen molar-refractivity contribution in [3.8, 4) is 0 Å². The Bertz CT molecular complexity index is 241. The zero-order chi connectivity index (χ0) is 9.68. The molecule has 0 aliphatic heterocycles. The van der Waals surface area contributed by atoms with Gasteiger partial charge >= 0.3 is 0 Å². The standard InChI is InChI=1S/C8H15N5/c1-6-2-3-8(13-12-6)11-7(4-9)5-10/h2-3,7H,4-5,9-10H2,1H3,(H,11,13). The van der Waals surface area contributed by atoms with Gasteiger partial charge in [0, 0.05) is 13.1 Å². The molecule has 0 fully saturated rings. The highest BCUT2D eigenvalue weighted by Crippen LogP contribution is 2.01. The van der Waals surface area contributed by atoms with Gasteiger partial charge in [-0.2, -0.15) is 5.10 Å². The predicted molar refractivity (Wildman–Crippen MR) is 52.3 cm³/mol. The number of aryl methyl sites for hydroxylation is 1. The highest BCUT2D eigenvalue weighted by molar-refractivity contribution is 5.34. The van der Waals surface area contributed by atoms with Gasteiger partial charge in [-0.3, -0.25) is 0 Å². The second-order valence-corrected chi connectivity index (χ2v) is 2.87. The largest absolute Gasteiger partial charge is 0.363 e. The van der Waals surface area contributed by atoms with E-state index in [-0.39, 0.29) is 6.04 Å². The van der Waals surface area contributed by atoms with Crippen LogP contribution in [0.1, 0.15) is 5.69 Å². The van der Waals surface area contributed by atoms with Crippen LogP contribution < -0.4 is 16.8 Å². The molecule has 5 N–H and O–H groups in total. The normalized spacial score (nSPS) is 10.5. The maximum Gasteiger partial charge on any atom is 0.148 e. The zero-order valence-corrected chi connectivity index (χ0v) is 7.70. The van der Waals surface area contributed by atoms with Gasteiger partial charge in [-0.1, -0.05) is 0 Å². The molecule has 0 saturated heterocycles. The molecule has 0 aliphatic rings. The number of nitrogens with zero attached hydrogens (tertiary/aromatic N) is 2. The Morgan fingerprint density at radius 2 is 2.00 bits per heavy atom. The summed E-state index contributed by atoms with van der Waals surface area (Å²) in [7, 11) is 0. The first-order valence-corrected chi connectivity index (χ1v) is 4.23. The van der Waals surface area contributed by atoms with E-state index in [1.54, 1.807) is 0 Å². The van der Waals surface area contributed by atoms with Crippen LogP contribution in [0.2, 0.25) is 0 Å². The first-order valence-electron chi connectivity index (χ1n) is 4.23. The third-order valence-electron chi connectivity index (χ3n) is 1.72. The lowest BCUT2D eigenvalue weighted by molar-refractivity contribution is 0.729. The predicted octanol–water partition coefficient (Wildman–Crippen LogP) is -0.517. The van der Waals surface area contributed by atoms with Crippen LogP contribution in [-0.4, -0.2) is 29.3 Å². The Kier molecular flexibility index (Phi) is 3.60. The molecule has 1 aromatic rings. The van der Waals surface area contributed by atoms with E-state index in [1.165, 1.54) is 0 Å². The maximum atomic E-state index is 5.47. The second kappa shape index (κ2) is 4.74. The molecule has 0 aromatic carbocycles. The van der Waals surface area contributed by atoms with Crippen molar-refractivity contribution in [1.29, 1.82) is 0 Å². The number of hydrogen-bond acceptors (Lipinski definition) is 5. The summed E-state index contributed by atoms with van der Waals surface area (Å²) in [5.74, 6) is 0.714. The summed E-state index contributed by atoms with van der Waals surface area (Å²) in [6.45, 7) is 2.87. The molecule has 1 aromatic heterocycles. The quantitative estimate of drug-likeness (QED) is 0.581. The van der Waals surface area contributed by atoms with Gasteiger partial charge in [0.05, 0.1) is 11.7 Å². The van der Waals surface area contributed by atoms with Crippen molar-refractivity contribution in [3.05, 3.63) is 17.8 Å². The lowest BCUT2D eigenvalue weighted by Crippen LogP contribution is -2.36. The van der Waals surface area contributed by atoms with Crippen molar-refractivity contribution in [2.24, 2.45) is 11.5 Å². The highest BCUT2D eigenvalue weighted by atomic mass is 15.2. The number of nitrogens with two attached hydrogens (primary N) is 2. The lowest BCUT2D eigenvalue weighted by atomic mass is 10.3. The fourth-order valence-corrected chi connectivity index (χ4v) is 0.899. The van der Waals surface area contributed by atoms with Crippen molar-refractivity contribution in [2.45, 2.75) is 13.0 Å². The molecule has 0 amide bonds. The molecular formula is C8H15N5. The van der Waals surface area contributed by atoms with Gasteiger partial charge in [0.15, 0.2) is 0 Å². The summed E-state index contributed by atoms with van der Waals surface area (Å²) < 4.78 is 0. The summed E-state index contributed by atoms with van der Waals surface area (Å²) in [4.78, 5) is 0. The minimum absolute atomic E-state index is 0.0667. The Morgan fingerprint density at radius 1 is 1.31 bits per heavy atom. The monoisotopic (exact) mass is 181 g/mol. The summed E-state index contributed by atoms with van der Waals surface area (Å²) >= 11 is 0. The molecule has 1 heterocycles. The van der Waals surface area contributed by atoms with Crippen LogP contribution in [0, 0.1) is 6.92 Å². The molecule has 0 saturated carbocycles. The fourth-order valence-electron chi connectivity index (χ4n) is 0.899. The number of rotatable bonds is 4. The smallest absolute Gasteiger partial charge is 0.148 e. The molecule has 5 heteroatoms. The average Bonchev–Trinajstić information content (AvgIpc) is 2.17. The first kappa shape index (κ1) is 9.88. The van der Waals surface area contributed by atoms with Crippen molar-refractivity contribution in [2.75, 3.05) is 18.4 Å². The summed E-state index contributed by atoms with van der Waals surface area (Å²) in [6.07, 6.45) is 0. The van der Waals surface area contributed by atoms with E-state index in [2.05, 4.69) is 15.5 Å². The molecule has 0 atom stereocenters. The van der Waals surface area contributed by atoms with Crippen LogP contribution in [-0.2, 0) is 0 Å². The summed E-state index contributed by atoms with van der Waals surface area (Å²) in [5, 5.41) is 10.9. The maximum absolute atomic E-state index is 5.47. The minimum atomic E-state index is 0.0667. The number of hydrogen-bond donors (Lipinski definition) is 3. The Morgan fingerprint density at radius 3 is 2.46 bits per heavy atom. The van der Waals surface area contributed by atoms with Crippen molar-refractivity contribution in [1.82, 2.24) is 10.2 Å². The van der Waals surface area contributed by atoms with Crippen LogP contribution >= 0.6 is 0 Å². The van der Waals surface area contributed by atoms with Crippen molar-refractivity contribution < 1.29 is 0 Å². The molecule has 0 aliphatic carbocycles. The van der Waals surface area contributed by atoms with Gasteiger partial charge in [-0.15, -0.1) is 5.10 Å². The van der Waals surface area contributed by atoms with E-state index < -0.39 is 0 Å². The molecule has 13 heavy (non-hydrogen) atoms. The Labute approximate surface area is 77.5 Å². The SMILES string of the molecule is Cc1ccc(NC(CN)CN)nn1. The minimum Gasteiger partial charge on any atom is -0.363 e. The van der Waals surface area contributed by atoms with Gasteiger partial charge in [-0.25, -0.2) is 0 Å². The van der Waals surface area contributed by atoms with E-state index in [0.29, 0.717) is 18.9 Å². The van der Waals surface area contributed by atoms with E-state index in [1.807, 2.05) is 19.1 Å². The molecule has 0 unspecified atom stereocenters. The molecule has 72 valence electrons. The molecule has 1 rings (SSSR count). The van der Waals surface area contributed by atoms with Gasteiger partial charge in [0.25, 0.3) is 0 Å². The van der Waals surface area contributed by atoms with Crippen LogP contribution in [0.5, 0.6) is 0 Å². The molecular weight excluding hydrogens is 166 g/mol. The molecule has 0 radical (unpaired) electrons. The summed E-state index contributed by atoms with van der Waals surface area (Å²) in [5.41, 5.74) is 11.8. The zero-order valence-electron chi connectivity index (χ0n) is 7.70. The van der Waals surface area contributed by atoms with E-state index in [0.717, 1.165) is 5.69 Å². The molecule has 5 nitrogen and oxygen atoms in total. The highest BCUT2D eigenvalue weighted by Gasteiger charge is 2.03. The lowest BCUT2D eigenvalue weighted by Gasteiger charge is -2.14. The fraction of sp³-hybridized carbons (Fsp3) is 0.500. The molecule has 0 bridgehead atoms. The van der Waals surface area contributed by atoms with Crippen molar-refractivity contribution in [3.63, 3.8) is 0 Å². The number of anilines is 1. The van der Waals surface area contributed by atoms with E-state index >= 15 is 0 Å². The number of aromatic nitrogens is 2. The van der Waals surface area contributed by atoms with Gasteiger partial charge in [0.2, 0.25) is 0 Å². The third-order valence-corrected chi connectivity index (χ3v) is 1.72.